The van der Waals surface area contributed by atoms with Gasteiger partial charge in [0.25, 0.3) is 0 Å². The summed E-state index contributed by atoms with van der Waals surface area (Å²) < 4.78 is 0. The molecule has 0 fully saturated rings. The Hall–Kier alpha value is -1.71. The number of aromatic nitrogens is 2. The zero-order chi connectivity index (χ0) is 12.0. The van der Waals surface area contributed by atoms with E-state index < -0.39 is 0 Å². The molecule has 86 valence electrons. The monoisotopic (exact) mass is 218 g/mol. The highest BCUT2D eigenvalue weighted by atomic mass is 15.5. The first-order valence-corrected chi connectivity index (χ1v) is 5.37. The molecule has 4 nitrogen and oxygen atoms in total. The Morgan fingerprint density at radius 3 is 2.50 bits per heavy atom. The van der Waals surface area contributed by atoms with Gasteiger partial charge in [0.2, 0.25) is 5.95 Å². The summed E-state index contributed by atoms with van der Waals surface area (Å²) in [5.41, 5.74) is 1.14. The lowest BCUT2D eigenvalue weighted by atomic mass is 10.1. The molecule has 1 rings (SSSR count). The number of nitrogens with zero attached hydrogens (tertiary/aromatic N) is 4. The van der Waals surface area contributed by atoms with E-state index in [-0.39, 0.29) is 0 Å². The second-order valence-electron chi connectivity index (χ2n) is 3.96. The fraction of sp³-hybridized carbons (Fsp3) is 0.417. The number of hydrazone groups is 1. The van der Waals surface area contributed by atoms with E-state index in [1.165, 1.54) is 0 Å². The molecule has 1 heterocycles. The highest BCUT2D eigenvalue weighted by Gasteiger charge is 2.04. The number of rotatable bonds is 5. The summed E-state index contributed by atoms with van der Waals surface area (Å²) in [7, 11) is 0. The summed E-state index contributed by atoms with van der Waals surface area (Å²) in [6.07, 6.45) is 8.30. The quantitative estimate of drug-likeness (QED) is 0.563. The first kappa shape index (κ1) is 12.4. The third kappa shape index (κ3) is 3.46. The van der Waals surface area contributed by atoms with Crippen LogP contribution in [0, 0.1) is 5.92 Å². The van der Waals surface area contributed by atoms with Crippen molar-refractivity contribution in [3.63, 3.8) is 0 Å². The molecule has 1 aromatic rings. The van der Waals surface area contributed by atoms with Gasteiger partial charge in [-0.05, 0) is 24.8 Å². The van der Waals surface area contributed by atoms with Crippen molar-refractivity contribution in [2.24, 2.45) is 11.0 Å². The van der Waals surface area contributed by atoms with Crippen LogP contribution in [0.25, 0.3) is 0 Å². The average molecular weight is 218 g/mol. The third-order valence-corrected chi connectivity index (χ3v) is 1.98. The summed E-state index contributed by atoms with van der Waals surface area (Å²) in [6.45, 7) is 9.72. The molecule has 0 unspecified atom stereocenters. The molecule has 0 aliphatic carbocycles. The second kappa shape index (κ2) is 6.00. The van der Waals surface area contributed by atoms with Gasteiger partial charge in [-0.2, -0.15) is 5.10 Å². The molecule has 0 aromatic carbocycles. The van der Waals surface area contributed by atoms with Gasteiger partial charge in [0.15, 0.2) is 0 Å². The van der Waals surface area contributed by atoms with Crippen LogP contribution in [0.5, 0.6) is 0 Å². The Bertz CT molecular complexity index is 354. The van der Waals surface area contributed by atoms with Crippen molar-refractivity contribution in [2.45, 2.75) is 27.2 Å². The molecule has 0 saturated carbocycles. The minimum absolute atomic E-state index is 0.542. The first-order chi connectivity index (χ1) is 7.67. The number of anilines is 1. The Morgan fingerprint density at radius 1 is 1.44 bits per heavy atom. The molecule has 0 saturated heterocycles. The van der Waals surface area contributed by atoms with Crippen molar-refractivity contribution in [3.05, 3.63) is 30.2 Å². The summed E-state index contributed by atoms with van der Waals surface area (Å²) in [5, 5.41) is 5.35. The van der Waals surface area contributed by atoms with Gasteiger partial charge in [0.1, 0.15) is 0 Å². The van der Waals surface area contributed by atoms with Crippen molar-refractivity contribution in [3.8, 4) is 0 Å². The average Bonchev–Trinajstić information content (AvgIpc) is 2.26. The smallest absolute Gasteiger partial charge is 0.219 e. The van der Waals surface area contributed by atoms with Crippen LogP contribution in [-0.2, 0) is 6.42 Å². The van der Waals surface area contributed by atoms with Crippen LogP contribution in [0.3, 0.4) is 0 Å². The predicted octanol–water partition coefficient (Wildman–Crippen LogP) is 2.63. The van der Waals surface area contributed by atoms with Gasteiger partial charge >= 0.3 is 0 Å². The lowest BCUT2D eigenvalue weighted by Gasteiger charge is -2.11. The van der Waals surface area contributed by atoms with Crippen LogP contribution in [-0.4, -0.2) is 16.7 Å². The third-order valence-electron chi connectivity index (χ3n) is 1.98. The van der Waals surface area contributed by atoms with Crippen molar-refractivity contribution >= 4 is 12.7 Å². The minimum atomic E-state index is 0.542. The van der Waals surface area contributed by atoms with E-state index in [1.54, 1.807) is 11.2 Å². The van der Waals surface area contributed by atoms with Crippen molar-refractivity contribution < 1.29 is 0 Å². The maximum absolute atomic E-state index is 4.25. The number of allylic oxidation sites excluding steroid dienone is 1. The minimum Gasteiger partial charge on any atom is -0.219 e. The zero-order valence-electron chi connectivity index (χ0n) is 10.1. The van der Waals surface area contributed by atoms with Crippen LogP contribution < -0.4 is 5.01 Å². The predicted molar refractivity (Wildman–Crippen MR) is 67.4 cm³/mol. The highest BCUT2D eigenvalue weighted by Crippen LogP contribution is 2.10. The van der Waals surface area contributed by atoms with Gasteiger partial charge in [0, 0.05) is 25.3 Å². The lowest BCUT2D eigenvalue weighted by Crippen LogP contribution is -2.10. The van der Waals surface area contributed by atoms with Gasteiger partial charge in [-0.1, -0.05) is 19.9 Å². The molecule has 1 aromatic heterocycles. The fourth-order valence-electron chi connectivity index (χ4n) is 1.36. The van der Waals surface area contributed by atoms with E-state index in [0.717, 1.165) is 12.0 Å². The molecule has 16 heavy (non-hydrogen) atoms. The first-order valence-electron chi connectivity index (χ1n) is 5.37. The van der Waals surface area contributed by atoms with Crippen LogP contribution in [0.4, 0.5) is 5.95 Å². The Balaban J connectivity index is 2.80. The maximum atomic E-state index is 4.25. The summed E-state index contributed by atoms with van der Waals surface area (Å²) in [6, 6.07) is 0. The molecule has 0 N–H and O–H groups in total. The van der Waals surface area contributed by atoms with Crippen LogP contribution in [0.2, 0.25) is 0 Å². The van der Waals surface area contributed by atoms with Crippen molar-refractivity contribution in [1.29, 1.82) is 0 Å². The SMILES string of the molecule is C=NN(/C=C\C)c1ncc(CC(C)C)cn1. The number of hydrogen-bond donors (Lipinski definition) is 0. The van der Waals surface area contributed by atoms with Crippen LogP contribution >= 0.6 is 0 Å². The van der Waals surface area contributed by atoms with Crippen molar-refractivity contribution in [2.75, 3.05) is 5.01 Å². The van der Waals surface area contributed by atoms with Gasteiger partial charge < -0.3 is 0 Å². The highest BCUT2D eigenvalue weighted by molar-refractivity contribution is 5.38. The molecular weight excluding hydrogens is 200 g/mol. The molecule has 0 aliphatic rings. The van der Waals surface area contributed by atoms with Gasteiger partial charge in [-0.25, -0.2) is 15.0 Å². The standard InChI is InChI=1S/C12H18N4/c1-5-6-16(13-4)12-14-8-11(9-15-12)7-10(2)3/h5-6,8-10H,4,7H2,1-3H3/b6-5-. The van der Waals surface area contributed by atoms with Crippen LogP contribution in [0.1, 0.15) is 26.3 Å². The van der Waals surface area contributed by atoms with E-state index in [2.05, 4.69) is 35.6 Å². The maximum Gasteiger partial charge on any atom is 0.250 e. The van der Waals surface area contributed by atoms with Crippen molar-refractivity contribution in [1.82, 2.24) is 9.97 Å². The van der Waals surface area contributed by atoms with E-state index in [1.807, 2.05) is 25.4 Å². The zero-order valence-corrected chi connectivity index (χ0v) is 10.1. The molecule has 0 radical (unpaired) electrons. The van der Waals surface area contributed by atoms with E-state index in [0.29, 0.717) is 11.9 Å². The molecule has 0 spiro atoms. The van der Waals surface area contributed by atoms with E-state index in [4.69, 9.17) is 0 Å². The van der Waals surface area contributed by atoms with Gasteiger partial charge in [0.05, 0.1) is 0 Å². The summed E-state index contributed by atoms with van der Waals surface area (Å²) >= 11 is 0. The molecule has 4 heteroatoms. The Morgan fingerprint density at radius 2 is 2.06 bits per heavy atom. The largest absolute Gasteiger partial charge is 0.250 e. The van der Waals surface area contributed by atoms with Gasteiger partial charge in [-0.15, -0.1) is 0 Å². The normalized spacial score (nSPS) is 11.0. The molecular formula is C12H18N4. The summed E-state index contributed by atoms with van der Waals surface area (Å²) in [5.74, 6) is 1.15. The Kier molecular flexibility index (Phi) is 4.64. The molecule has 0 aliphatic heterocycles. The van der Waals surface area contributed by atoms with E-state index in [9.17, 15) is 0 Å². The van der Waals surface area contributed by atoms with Crippen LogP contribution in [0.15, 0.2) is 29.8 Å². The summed E-state index contributed by atoms with van der Waals surface area (Å²) in [4.78, 5) is 8.50. The lowest BCUT2D eigenvalue weighted by molar-refractivity contribution is 0.643. The van der Waals surface area contributed by atoms with E-state index >= 15 is 0 Å². The van der Waals surface area contributed by atoms with Gasteiger partial charge in [-0.3, -0.25) is 0 Å². The fourth-order valence-corrected chi connectivity index (χ4v) is 1.36. The molecule has 0 atom stereocenters. The molecule has 0 bridgehead atoms. The second-order valence-corrected chi connectivity index (χ2v) is 3.96. The Labute approximate surface area is 96.7 Å². The topological polar surface area (TPSA) is 41.4 Å². The number of hydrogen-bond acceptors (Lipinski definition) is 4. The molecule has 0 amide bonds.